The van der Waals surface area contributed by atoms with E-state index >= 15 is 0 Å². The average Bonchev–Trinajstić information content (AvgIpc) is 3.49. The van der Waals surface area contributed by atoms with Crippen molar-refractivity contribution < 1.29 is 18.7 Å². The third kappa shape index (κ3) is 4.71. The number of benzene rings is 1. The van der Waals surface area contributed by atoms with E-state index in [1.807, 2.05) is 6.07 Å². The number of aromatic nitrogens is 2. The fraction of sp³-hybridized carbons (Fsp3) is 0.538. The van der Waals surface area contributed by atoms with Crippen LogP contribution in [0.1, 0.15) is 69.1 Å². The van der Waals surface area contributed by atoms with Crippen LogP contribution >= 0.6 is 0 Å². The molecule has 2 unspecified atom stereocenters. The van der Waals surface area contributed by atoms with Crippen molar-refractivity contribution in [3.05, 3.63) is 53.1 Å². The maximum Gasteiger partial charge on any atom is 0.317 e. The quantitative estimate of drug-likeness (QED) is 0.491. The van der Waals surface area contributed by atoms with Gasteiger partial charge in [-0.3, -0.25) is 14.7 Å². The Morgan fingerprint density at radius 2 is 2.03 bits per heavy atom. The zero-order valence-electron chi connectivity index (χ0n) is 19.2. The van der Waals surface area contributed by atoms with Crippen LogP contribution in [0.5, 0.6) is 0 Å². The molecule has 0 spiro atoms. The van der Waals surface area contributed by atoms with E-state index < -0.39 is 28.7 Å². The molecule has 1 N–H and O–H groups in total. The van der Waals surface area contributed by atoms with E-state index in [4.69, 9.17) is 4.74 Å². The van der Waals surface area contributed by atoms with Gasteiger partial charge in [0.05, 0.1) is 17.7 Å². The number of aryl methyl sites for hydroxylation is 1. The summed E-state index contributed by atoms with van der Waals surface area (Å²) in [4.78, 5) is 26.1. The Bertz CT molecular complexity index is 1050. The Kier molecular flexibility index (Phi) is 6.38. The maximum atomic E-state index is 14.8. The van der Waals surface area contributed by atoms with Gasteiger partial charge in [0, 0.05) is 18.2 Å². The first-order valence-electron chi connectivity index (χ1n) is 11.7. The molecular weight excluding hydrogens is 421 g/mol. The number of cyclic esters (lactones) is 1. The molecule has 174 valence electrons. The van der Waals surface area contributed by atoms with E-state index in [1.165, 1.54) is 6.07 Å². The third-order valence-electron chi connectivity index (χ3n) is 7.37. The SMILES string of the molecule is CC(C)(C#N)c1ccc(CCC2(C3CCCC3)CC(=O)C(Cc3cn[nH]c3)C(=O)O2)cc1F. The Labute approximate surface area is 193 Å². The van der Waals surface area contributed by atoms with Crippen molar-refractivity contribution in [1.29, 1.82) is 5.26 Å². The fourth-order valence-corrected chi connectivity index (χ4v) is 5.34. The number of rotatable bonds is 7. The number of H-pyrrole nitrogens is 1. The highest BCUT2D eigenvalue weighted by Crippen LogP contribution is 2.45. The number of halogens is 1. The number of Topliss-reactive ketones (excluding diaryl/α,β-unsaturated/α-hetero) is 1. The highest BCUT2D eigenvalue weighted by atomic mass is 19.1. The Morgan fingerprint density at radius 3 is 2.64 bits per heavy atom. The van der Waals surface area contributed by atoms with Crippen molar-refractivity contribution in [2.45, 2.75) is 76.2 Å². The highest BCUT2D eigenvalue weighted by Gasteiger charge is 2.51. The van der Waals surface area contributed by atoms with Crippen LogP contribution in [-0.2, 0) is 32.6 Å². The summed E-state index contributed by atoms with van der Waals surface area (Å²) in [6, 6.07) is 7.09. The molecule has 1 saturated carbocycles. The van der Waals surface area contributed by atoms with Crippen molar-refractivity contribution in [3.63, 3.8) is 0 Å². The molecule has 1 aliphatic heterocycles. The van der Waals surface area contributed by atoms with Crippen LogP contribution in [0.4, 0.5) is 4.39 Å². The molecule has 6 nitrogen and oxygen atoms in total. The zero-order chi connectivity index (χ0) is 23.6. The summed E-state index contributed by atoms with van der Waals surface area (Å²) in [5.41, 5.74) is 0.184. The Morgan fingerprint density at radius 1 is 1.27 bits per heavy atom. The van der Waals surface area contributed by atoms with E-state index in [0.717, 1.165) is 36.8 Å². The number of nitriles is 1. The molecular formula is C26H30FN3O3. The van der Waals surface area contributed by atoms with Crippen LogP contribution in [0.15, 0.2) is 30.6 Å². The van der Waals surface area contributed by atoms with Gasteiger partial charge in [0.25, 0.3) is 0 Å². The summed E-state index contributed by atoms with van der Waals surface area (Å²) in [5, 5.41) is 15.9. The zero-order valence-corrected chi connectivity index (χ0v) is 19.2. The minimum atomic E-state index is -0.914. The van der Waals surface area contributed by atoms with Gasteiger partial charge in [-0.05, 0) is 69.1 Å². The first kappa shape index (κ1) is 23.2. The number of nitrogens with zero attached hydrogens (tertiary/aromatic N) is 2. The molecule has 1 saturated heterocycles. The second-order valence-electron chi connectivity index (χ2n) is 10.0. The lowest BCUT2D eigenvalue weighted by atomic mass is 9.73. The summed E-state index contributed by atoms with van der Waals surface area (Å²) < 4.78 is 20.9. The number of hydrogen-bond donors (Lipinski definition) is 1. The summed E-state index contributed by atoms with van der Waals surface area (Å²) in [6.45, 7) is 3.38. The molecule has 2 aliphatic rings. The summed E-state index contributed by atoms with van der Waals surface area (Å²) in [6.07, 6.45) is 8.74. The Balaban J connectivity index is 1.53. The van der Waals surface area contributed by atoms with Crippen LogP contribution in [0.2, 0.25) is 0 Å². The van der Waals surface area contributed by atoms with Crippen molar-refractivity contribution >= 4 is 11.8 Å². The summed E-state index contributed by atoms with van der Waals surface area (Å²) in [5.74, 6) is -1.62. The summed E-state index contributed by atoms with van der Waals surface area (Å²) >= 11 is 0. The van der Waals surface area contributed by atoms with Crippen molar-refractivity contribution in [3.8, 4) is 6.07 Å². The number of aromatic amines is 1. The molecule has 1 aliphatic carbocycles. The predicted octanol–water partition coefficient (Wildman–Crippen LogP) is 4.59. The average molecular weight is 452 g/mol. The number of esters is 1. The van der Waals surface area contributed by atoms with Crippen molar-refractivity contribution in [2.75, 3.05) is 0 Å². The minimum absolute atomic E-state index is 0.0864. The molecule has 4 rings (SSSR count). The fourth-order valence-electron chi connectivity index (χ4n) is 5.34. The van der Waals surface area contributed by atoms with Gasteiger partial charge in [-0.25, -0.2) is 4.39 Å². The molecule has 0 bridgehead atoms. The molecule has 0 radical (unpaired) electrons. The van der Waals surface area contributed by atoms with E-state index in [9.17, 15) is 19.2 Å². The number of ketones is 1. The summed E-state index contributed by atoms with van der Waals surface area (Å²) in [7, 11) is 0. The molecule has 33 heavy (non-hydrogen) atoms. The second kappa shape index (κ2) is 9.09. The van der Waals surface area contributed by atoms with E-state index in [1.54, 1.807) is 32.3 Å². The van der Waals surface area contributed by atoms with Gasteiger partial charge >= 0.3 is 5.97 Å². The van der Waals surface area contributed by atoms with Crippen molar-refractivity contribution in [1.82, 2.24) is 10.2 Å². The number of hydrogen-bond acceptors (Lipinski definition) is 5. The van der Waals surface area contributed by atoms with Crippen LogP contribution < -0.4 is 0 Å². The van der Waals surface area contributed by atoms with E-state index in [2.05, 4.69) is 16.3 Å². The van der Waals surface area contributed by atoms with E-state index in [-0.39, 0.29) is 24.5 Å². The molecule has 0 amide bonds. The molecule has 2 atom stereocenters. The molecule has 2 heterocycles. The highest BCUT2D eigenvalue weighted by molar-refractivity contribution is 6.01. The first-order chi connectivity index (χ1) is 15.7. The van der Waals surface area contributed by atoms with Crippen LogP contribution in [0.3, 0.4) is 0 Å². The van der Waals surface area contributed by atoms with Gasteiger partial charge in [0.15, 0.2) is 5.78 Å². The molecule has 1 aromatic heterocycles. The number of ether oxygens (including phenoxy) is 1. The lowest BCUT2D eigenvalue weighted by Crippen LogP contribution is -2.52. The topological polar surface area (TPSA) is 95.8 Å². The van der Waals surface area contributed by atoms with Crippen LogP contribution in [0, 0.1) is 29.0 Å². The standard InChI is InChI=1S/C26H30FN3O3/c1-25(2,16-28)21-8-7-17(12-22(21)27)9-10-26(19-5-3-4-6-19)13-23(31)20(24(32)33-26)11-18-14-29-30-15-18/h7-8,12,14-15,19-20H,3-6,9-11,13H2,1-2H3,(H,29,30). The van der Waals surface area contributed by atoms with Crippen LogP contribution in [0.25, 0.3) is 0 Å². The largest absolute Gasteiger partial charge is 0.458 e. The smallest absolute Gasteiger partial charge is 0.317 e. The maximum absolute atomic E-state index is 14.8. The van der Waals surface area contributed by atoms with Gasteiger partial charge in [-0.2, -0.15) is 10.4 Å². The predicted molar refractivity (Wildman–Crippen MR) is 120 cm³/mol. The molecule has 1 aromatic carbocycles. The van der Waals surface area contributed by atoms with Gasteiger partial charge < -0.3 is 4.74 Å². The third-order valence-corrected chi connectivity index (χ3v) is 7.37. The lowest BCUT2D eigenvalue weighted by molar-refractivity contribution is -0.185. The van der Waals surface area contributed by atoms with Crippen molar-refractivity contribution in [2.24, 2.45) is 11.8 Å². The number of nitrogens with one attached hydrogen (secondary N) is 1. The van der Waals surface area contributed by atoms with Gasteiger partial charge in [-0.1, -0.05) is 25.0 Å². The Hall–Kier alpha value is -3.01. The second-order valence-corrected chi connectivity index (χ2v) is 10.0. The van der Waals surface area contributed by atoms with Gasteiger partial charge in [0.1, 0.15) is 17.3 Å². The first-order valence-corrected chi connectivity index (χ1v) is 11.7. The monoisotopic (exact) mass is 451 g/mol. The number of carbonyl (C=O) groups excluding carboxylic acids is 2. The number of carbonyl (C=O) groups is 2. The van der Waals surface area contributed by atoms with Gasteiger partial charge in [0.2, 0.25) is 0 Å². The lowest BCUT2D eigenvalue weighted by Gasteiger charge is -2.43. The molecule has 2 aromatic rings. The molecule has 2 fully saturated rings. The molecule has 7 heteroatoms. The van der Waals surface area contributed by atoms with Crippen LogP contribution in [-0.4, -0.2) is 27.6 Å². The van der Waals surface area contributed by atoms with E-state index in [0.29, 0.717) is 18.4 Å². The normalized spacial score (nSPS) is 24.0. The van der Waals surface area contributed by atoms with Gasteiger partial charge in [-0.15, -0.1) is 0 Å². The minimum Gasteiger partial charge on any atom is -0.458 e.